The minimum atomic E-state index is -0.267. The van der Waals surface area contributed by atoms with Gasteiger partial charge in [0.1, 0.15) is 11.9 Å². The molecule has 2 aromatic carbocycles. The van der Waals surface area contributed by atoms with Gasteiger partial charge < -0.3 is 9.64 Å². The van der Waals surface area contributed by atoms with Crippen molar-refractivity contribution >= 4 is 5.91 Å². The quantitative estimate of drug-likeness (QED) is 0.872. The predicted molar refractivity (Wildman–Crippen MR) is 81.8 cm³/mol. The molecule has 1 aliphatic rings. The van der Waals surface area contributed by atoms with E-state index >= 15 is 0 Å². The molecule has 1 fully saturated rings. The smallest absolute Gasteiger partial charge is 0.227 e. The number of rotatable bonds is 3. The van der Waals surface area contributed by atoms with Crippen molar-refractivity contribution in [2.75, 3.05) is 19.7 Å². The lowest BCUT2D eigenvalue weighted by molar-refractivity contribution is -0.138. The van der Waals surface area contributed by atoms with Crippen LogP contribution in [-0.4, -0.2) is 30.5 Å². The molecular formula is C18H18FNO2. The molecule has 1 unspecified atom stereocenters. The van der Waals surface area contributed by atoms with E-state index in [1.165, 1.54) is 12.1 Å². The van der Waals surface area contributed by atoms with E-state index in [-0.39, 0.29) is 17.8 Å². The molecule has 0 spiro atoms. The molecule has 0 bridgehead atoms. The lowest BCUT2D eigenvalue weighted by atomic mass is 10.1. The van der Waals surface area contributed by atoms with Gasteiger partial charge in [0.05, 0.1) is 19.6 Å². The summed E-state index contributed by atoms with van der Waals surface area (Å²) in [4.78, 5) is 14.2. The number of hydrogen-bond donors (Lipinski definition) is 0. The number of hydrogen-bond acceptors (Lipinski definition) is 2. The first-order chi connectivity index (χ1) is 10.7. The van der Waals surface area contributed by atoms with E-state index < -0.39 is 0 Å². The molecule has 3 rings (SSSR count). The maximum absolute atomic E-state index is 13.0. The van der Waals surface area contributed by atoms with Gasteiger partial charge in [0, 0.05) is 6.54 Å². The minimum absolute atomic E-state index is 0.0987. The summed E-state index contributed by atoms with van der Waals surface area (Å²) in [5, 5.41) is 0. The summed E-state index contributed by atoms with van der Waals surface area (Å²) in [6, 6.07) is 16.0. The van der Waals surface area contributed by atoms with Crippen LogP contribution in [0, 0.1) is 5.82 Å². The fourth-order valence-electron chi connectivity index (χ4n) is 2.64. The van der Waals surface area contributed by atoms with E-state index in [0.717, 1.165) is 11.1 Å². The number of carbonyl (C=O) groups excluding carboxylic acids is 1. The van der Waals surface area contributed by atoms with Crippen molar-refractivity contribution < 1.29 is 13.9 Å². The van der Waals surface area contributed by atoms with E-state index in [1.54, 1.807) is 12.1 Å². The Morgan fingerprint density at radius 3 is 2.59 bits per heavy atom. The van der Waals surface area contributed by atoms with Crippen molar-refractivity contribution in [3.63, 3.8) is 0 Å². The summed E-state index contributed by atoms with van der Waals surface area (Å²) in [5.74, 6) is -0.168. The summed E-state index contributed by atoms with van der Waals surface area (Å²) in [5.41, 5.74) is 1.91. The Morgan fingerprint density at radius 1 is 1.14 bits per heavy atom. The van der Waals surface area contributed by atoms with Gasteiger partial charge in [-0.1, -0.05) is 42.5 Å². The van der Waals surface area contributed by atoms with Gasteiger partial charge in [-0.2, -0.15) is 0 Å². The standard InChI is InChI=1S/C18H18FNO2/c19-16-8-6-15(7-9-16)17-13-20(10-11-22-17)18(21)12-14-4-2-1-3-5-14/h1-9,17H,10-13H2. The van der Waals surface area contributed by atoms with E-state index in [9.17, 15) is 9.18 Å². The van der Waals surface area contributed by atoms with E-state index in [2.05, 4.69) is 0 Å². The minimum Gasteiger partial charge on any atom is -0.370 e. The van der Waals surface area contributed by atoms with Crippen molar-refractivity contribution in [3.05, 3.63) is 71.5 Å². The zero-order valence-corrected chi connectivity index (χ0v) is 12.2. The highest BCUT2D eigenvalue weighted by molar-refractivity contribution is 5.78. The predicted octanol–water partition coefficient (Wildman–Crippen LogP) is 2.97. The molecular weight excluding hydrogens is 281 g/mol. The molecule has 3 nitrogen and oxygen atoms in total. The SMILES string of the molecule is O=C(Cc1ccccc1)N1CCOC(c2ccc(F)cc2)C1. The van der Waals surface area contributed by atoms with Crippen LogP contribution in [0.2, 0.25) is 0 Å². The summed E-state index contributed by atoms with van der Waals surface area (Å²) in [7, 11) is 0. The van der Waals surface area contributed by atoms with Crippen molar-refractivity contribution in [2.45, 2.75) is 12.5 Å². The normalized spacial score (nSPS) is 18.2. The van der Waals surface area contributed by atoms with Crippen molar-refractivity contribution in [2.24, 2.45) is 0 Å². The number of nitrogens with zero attached hydrogens (tertiary/aromatic N) is 1. The third-order valence-electron chi connectivity index (χ3n) is 3.86. The number of amides is 1. The molecule has 22 heavy (non-hydrogen) atoms. The fourth-order valence-corrected chi connectivity index (χ4v) is 2.64. The maximum Gasteiger partial charge on any atom is 0.227 e. The third-order valence-corrected chi connectivity index (χ3v) is 3.86. The molecule has 1 heterocycles. The molecule has 0 aromatic heterocycles. The fraction of sp³-hybridized carbons (Fsp3) is 0.278. The summed E-state index contributed by atoms with van der Waals surface area (Å²) in [6.45, 7) is 1.61. The number of carbonyl (C=O) groups is 1. The highest BCUT2D eigenvalue weighted by atomic mass is 19.1. The third kappa shape index (κ3) is 3.52. The summed E-state index contributed by atoms with van der Waals surface area (Å²) < 4.78 is 18.7. The van der Waals surface area contributed by atoms with Crippen LogP contribution in [0.4, 0.5) is 4.39 Å². The van der Waals surface area contributed by atoms with Crippen LogP contribution in [0.3, 0.4) is 0 Å². The zero-order valence-electron chi connectivity index (χ0n) is 12.2. The van der Waals surface area contributed by atoms with E-state index in [1.807, 2.05) is 35.2 Å². The number of halogens is 1. The van der Waals surface area contributed by atoms with Crippen LogP contribution >= 0.6 is 0 Å². The summed E-state index contributed by atoms with van der Waals surface area (Å²) >= 11 is 0. The average molecular weight is 299 g/mol. The van der Waals surface area contributed by atoms with Crippen LogP contribution in [0.5, 0.6) is 0 Å². The Hall–Kier alpha value is -2.20. The highest BCUT2D eigenvalue weighted by Crippen LogP contribution is 2.23. The van der Waals surface area contributed by atoms with Crippen LogP contribution < -0.4 is 0 Å². The van der Waals surface area contributed by atoms with Crippen LogP contribution in [0.25, 0.3) is 0 Å². The second kappa shape index (κ2) is 6.71. The molecule has 1 saturated heterocycles. The lowest BCUT2D eigenvalue weighted by Gasteiger charge is -2.33. The van der Waals surface area contributed by atoms with Crippen LogP contribution in [-0.2, 0) is 16.0 Å². The first kappa shape index (κ1) is 14.7. The number of benzene rings is 2. The average Bonchev–Trinajstić information content (AvgIpc) is 2.56. The first-order valence-electron chi connectivity index (χ1n) is 7.41. The Morgan fingerprint density at radius 2 is 1.86 bits per heavy atom. The monoisotopic (exact) mass is 299 g/mol. The molecule has 0 radical (unpaired) electrons. The molecule has 1 aliphatic heterocycles. The van der Waals surface area contributed by atoms with Gasteiger partial charge in [0.15, 0.2) is 0 Å². The second-order valence-electron chi connectivity index (χ2n) is 5.41. The molecule has 0 N–H and O–H groups in total. The number of morpholine rings is 1. The molecule has 114 valence electrons. The summed E-state index contributed by atoms with van der Waals surface area (Å²) in [6.07, 6.45) is 0.214. The van der Waals surface area contributed by atoms with Gasteiger partial charge in [-0.15, -0.1) is 0 Å². The Labute approximate surface area is 129 Å². The van der Waals surface area contributed by atoms with Crippen molar-refractivity contribution in [3.8, 4) is 0 Å². The van der Waals surface area contributed by atoms with E-state index in [4.69, 9.17) is 4.74 Å². The Balaban J connectivity index is 1.65. The molecule has 2 aromatic rings. The molecule has 0 aliphatic carbocycles. The van der Waals surface area contributed by atoms with E-state index in [0.29, 0.717) is 26.1 Å². The maximum atomic E-state index is 13.0. The van der Waals surface area contributed by atoms with Crippen molar-refractivity contribution in [1.82, 2.24) is 4.90 Å². The molecule has 1 amide bonds. The van der Waals surface area contributed by atoms with Gasteiger partial charge in [-0.25, -0.2) is 4.39 Å². The zero-order chi connectivity index (χ0) is 15.4. The van der Waals surface area contributed by atoms with Crippen LogP contribution in [0.15, 0.2) is 54.6 Å². The Bertz CT molecular complexity index is 627. The van der Waals surface area contributed by atoms with Gasteiger partial charge in [0.2, 0.25) is 5.91 Å². The van der Waals surface area contributed by atoms with Gasteiger partial charge in [-0.3, -0.25) is 4.79 Å². The highest BCUT2D eigenvalue weighted by Gasteiger charge is 2.25. The van der Waals surface area contributed by atoms with Gasteiger partial charge in [0.25, 0.3) is 0 Å². The van der Waals surface area contributed by atoms with Gasteiger partial charge in [-0.05, 0) is 23.3 Å². The van der Waals surface area contributed by atoms with Crippen LogP contribution in [0.1, 0.15) is 17.2 Å². The van der Waals surface area contributed by atoms with Crippen molar-refractivity contribution in [1.29, 1.82) is 0 Å². The molecule has 0 saturated carbocycles. The molecule has 4 heteroatoms. The van der Waals surface area contributed by atoms with Gasteiger partial charge >= 0.3 is 0 Å². The lowest BCUT2D eigenvalue weighted by Crippen LogP contribution is -2.42. The first-order valence-corrected chi connectivity index (χ1v) is 7.41. The second-order valence-corrected chi connectivity index (χ2v) is 5.41. The number of ether oxygens (including phenoxy) is 1. The Kier molecular flexibility index (Phi) is 4.49. The molecule has 1 atom stereocenters. The largest absolute Gasteiger partial charge is 0.370 e. The topological polar surface area (TPSA) is 29.5 Å².